The van der Waals surface area contributed by atoms with E-state index in [4.69, 9.17) is 5.11 Å². The molecular formula is C19H38N2O3. The Bertz CT molecular complexity index is 298. The van der Waals surface area contributed by atoms with Crippen LogP contribution in [0.25, 0.3) is 0 Å². The first-order valence-corrected chi connectivity index (χ1v) is 9.94. The van der Waals surface area contributed by atoms with Crippen LogP contribution in [0.5, 0.6) is 0 Å². The standard InChI is InChI=1S/C19H38N2O3/c1-2-3-4-5-6-7-8-9-10-11-12-13-14-15-19(23)20-16-18(17-22)21-24/h18,22H,2-17H2,1H3,(H,20,23). The number of hydrogen-bond acceptors (Lipinski definition) is 4. The summed E-state index contributed by atoms with van der Waals surface area (Å²) < 4.78 is 0. The molecule has 0 bridgehead atoms. The molecule has 5 heteroatoms. The normalized spacial score (nSPS) is 12.1. The van der Waals surface area contributed by atoms with Crippen molar-refractivity contribution in [2.75, 3.05) is 13.2 Å². The van der Waals surface area contributed by atoms with E-state index in [9.17, 15) is 9.70 Å². The second-order valence-electron chi connectivity index (χ2n) is 6.74. The van der Waals surface area contributed by atoms with Crippen LogP contribution in [0.1, 0.15) is 96.8 Å². The van der Waals surface area contributed by atoms with Crippen molar-refractivity contribution in [3.8, 4) is 0 Å². The van der Waals surface area contributed by atoms with Gasteiger partial charge in [0, 0.05) is 13.0 Å². The van der Waals surface area contributed by atoms with E-state index in [2.05, 4.69) is 17.4 Å². The number of hydrogen-bond donors (Lipinski definition) is 2. The van der Waals surface area contributed by atoms with Crippen molar-refractivity contribution >= 4 is 5.91 Å². The quantitative estimate of drug-likeness (QED) is 0.280. The maximum Gasteiger partial charge on any atom is 0.220 e. The summed E-state index contributed by atoms with van der Waals surface area (Å²) >= 11 is 0. The molecule has 0 heterocycles. The van der Waals surface area contributed by atoms with Gasteiger partial charge in [-0.1, -0.05) is 89.2 Å². The molecule has 0 aliphatic heterocycles. The van der Waals surface area contributed by atoms with Crippen LogP contribution >= 0.6 is 0 Å². The summed E-state index contributed by atoms with van der Waals surface area (Å²) in [6.45, 7) is 2.07. The number of nitrogens with one attached hydrogen (secondary N) is 1. The topological polar surface area (TPSA) is 78.8 Å². The van der Waals surface area contributed by atoms with E-state index in [0.717, 1.165) is 12.8 Å². The Hall–Kier alpha value is -0.970. The van der Waals surface area contributed by atoms with Gasteiger partial charge in [0.05, 0.1) is 6.61 Å². The number of amides is 1. The monoisotopic (exact) mass is 342 g/mol. The highest BCUT2D eigenvalue weighted by Crippen LogP contribution is 2.12. The zero-order valence-electron chi connectivity index (χ0n) is 15.6. The Morgan fingerprint density at radius 2 is 1.33 bits per heavy atom. The van der Waals surface area contributed by atoms with Crippen LogP contribution in [0.4, 0.5) is 0 Å². The van der Waals surface area contributed by atoms with Crippen molar-refractivity contribution in [2.45, 2.75) is 103 Å². The van der Waals surface area contributed by atoms with Crippen LogP contribution < -0.4 is 5.32 Å². The van der Waals surface area contributed by atoms with Gasteiger partial charge in [0.1, 0.15) is 6.04 Å². The molecular weight excluding hydrogens is 304 g/mol. The van der Waals surface area contributed by atoms with Gasteiger partial charge < -0.3 is 10.4 Å². The molecule has 2 N–H and O–H groups in total. The third-order valence-electron chi connectivity index (χ3n) is 4.40. The molecule has 1 amide bonds. The Balaban J connectivity index is 3.22. The lowest BCUT2D eigenvalue weighted by Crippen LogP contribution is -2.32. The van der Waals surface area contributed by atoms with Crippen molar-refractivity contribution in [1.29, 1.82) is 0 Å². The highest BCUT2D eigenvalue weighted by Gasteiger charge is 2.08. The van der Waals surface area contributed by atoms with Crippen LogP contribution in [0.3, 0.4) is 0 Å². The molecule has 5 nitrogen and oxygen atoms in total. The molecule has 0 saturated heterocycles. The first-order chi connectivity index (χ1) is 11.7. The lowest BCUT2D eigenvalue weighted by molar-refractivity contribution is -0.121. The first-order valence-electron chi connectivity index (χ1n) is 9.94. The molecule has 0 spiro atoms. The predicted octanol–water partition coefficient (Wildman–Crippen LogP) is 4.71. The number of aliphatic hydroxyl groups is 1. The second-order valence-corrected chi connectivity index (χ2v) is 6.74. The van der Waals surface area contributed by atoms with Crippen LogP contribution in [-0.4, -0.2) is 30.2 Å². The SMILES string of the molecule is CCCCCCCCCCCCCCCC(=O)NCC(CO)N=O. The lowest BCUT2D eigenvalue weighted by Gasteiger charge is -2.07. The molecule has 142 valence electrons. The van der Waals surface area contributed by atoms with E-state index in [0.29, 0.717) is 6.42 Å². The minimum atomic E-state index is -0.722. The van der Waals surface area contributed by atoms with Gasteiger partial charge in [-0.15, -0.1) is 0 Å². The van der Waals surface area contributed by atoms with E-state index in [1.54, 1.807) is 0 Å². The van der Waals surface area contributed by atoms with E-state index >= 15 is 0 Å². The van der Waals surface area contributed by atoms with Crippen molar-refractivity contribution in [2.24, 2.45) is 5.18 Å². The van der Waals surface area contributed by atoms with Crippen molar-refractivity contribution in [3.63, 3.8) is 0 Å². The third kappa shape index (κ3) is 15.9. The van der Waals surface area contributed by atoms with Crippen molar-refractivity contribution in [1.82, 2.24) is 5.32 Å². The minimum Gasteiger partial charge on any atom is -0.394 e. The predicted molar refractivity (Wildman–Crippen MR) is 100.0 cm³/mol. The molecule has 24 heavy (non-hydrogen) atoms. The van der Waals surface area contributed by atoms with E-state index in [1.165, 1.54) is 70.6 Å². The number of rotatable bonds is 18. The summed E-state index contributed by atoms with van der Waals surface area (Å²) in [5, 5.41) is 14.2. The summed E-state index contributed by atoms with van der Waals surface area (Å²) in [6.07, 6.45) is 17.2. The number of carbonyl (C=O) groups is 1. The number of nitroso groups, excluding NO2 is 1. The summed E-state index contributed by atoms with van der Waals surface area (Å²) in [5.41, 5.74) is 0. The largest absolute Gasteiger partial charge is 0.394 e. The lowest BCUT2D eigenvalue weighted by atomic mass is 10.0. The summed E-state index contributed by atoms with van der Waals surface area (Å²) in [7, 11) is 0. The molecule has 0 fully saturated rings. The number of unbranched alkanes of at least 4 members (excludes halogenated alkanes) is 12. The van der Waals surface area contributed by atoms with Crippen LogP contribution in [0.2, 0.25) is 0 Å². The van der Waals surface area contributed by atoms with E-state index in [-0.39, 0.29) is 19.1 Å². The summed E-state index contributed by atoms with van der Waals surface area (Å²) in [5.74, 6) is -0.0554. The fourth-order valence-corrected chi connectivity index (χ4v) is 2.76. The molecule has 0 saturated carbocycles. The fraction of sp³-hybridized carbons (Fsp3) is 0.947. The van der Waals surface area contributed by atoms with Gasteiger partial charge in [-0.05, 0) is 6.42 Å². The van der Waals surface area contributed by atoms with E-state index < -0.39 is 6.04 Å². The van der Waals surface area contributed by atoms with E-state index in [1.807, 2.05) is 0 Å². The maximum absolute atomic E-state index is 11.5. The molecule has 0 aromatic heterocycles. The Morgan fingerprint density at radius 3 is 1.75 bits per heavy atom. The fourth-order valence-electron chi connectivity index (χ4n) is 2.76. The highest BCUT2D eigenvalue weighted by atomic mass is 16.3. The molecule has 0 aliphatic rings. The van der Waals surface area contributed by atoms with Crippen molar-refractivity contribution < 1.29 is 9.90 Å². The minimum absolute atomic E-state index is 0.0554. The number of carbonyl (C=O) groups excluding carboxylic acids is 1. The number of nitrogens with zero attached hydrogens (tertiary/aromatic N) is 1. The zero-order chi connectivity index (χ0) is 17.9. The Morgan fingerprint density at radius 1 is 0.875 bits per heavy atom. The van der Waals surface area contributed by atoms with Crippen molar-refractivity contribution in [3.05, 3.63) is 4.91 Å². The molecule has 0 rings (SSSR count). The molecule has 0 aromatic rings. The average Bonchev–Trinajstić information content (AvgIpc) is 2.60. The van der Waals surface area contributed by atoms with Gasteiger partial charge in [0.25, 0.3) is 0 Å². The van der Waals surface area contributed by atoms with Gasteiger partial charge in [-0.25, -0.2) is 0 Å². The van der Waals surface area contributed by atoms with Gasteiger partial charge in [-0.3, -0.25) is 4.79 Å². The van der Waals surface area contributed by atoms with Gasteiger partial charge in [0.15, 0.2) is 0 Å². The second kappa shape index (κ2) is 18.4. The highest BCUT2D eigenvalue weighted by molar-refractivity contribution is 5.75. The maximum atomic E-state index is 11.5. The Kier molecular flexibility index (Phi) is 17.6. The molecule has 0 radical (unpaired) electrons. The van der Waals surface area contributed by atoms with Crippen LogP contribution in [0, 0.1) is 4.91 Å². The molecule has 1 unspecified atom stereocenters. The molecule has 0 aromatic carbocycles. The van der Waals surface area contributed by atoms with Crippen LogP contribution in [0.15, 0.2) is 5.18 Å². The van der Waals surface area contributed by atoms with Gasteiger partial charge >= 0.3 is 0 Å². The zero-order valence-corrected chi connectivity index (χ0v) is 15.6. The summed E-state index contributed by atoms with van der Waals surface area (Å²) in [4.78, 5) is 21.8. The van der Waals surface area contributed by atoms with Gasteiger partial charge in [-0.2, -0.15) is 4.91 Å². The van der Waals surface area contributed by atoms with Crippen LogP contribution in [-0.2, 0) is 4.79 Å². The third-order valence-corrected chi connectivity index (χ3v) is 4.40. The number of aliphatic hydroxyl groups excluding tert-OH is 1. The average molecular weight is 343 g/mol. The smallest absolute Gasteiger partial charge is 0.220 e. The Labute approximate surface area is 148 Å². The molecule has 1 atom stereocenters. The molecule has 0 aliphatic carbocycles. The first kappa shape index (κ1) is 23.0. The van der Waals surface area contributed by atoms with Gasteiger partial charge in [0.2, 0.25) is 5.91 Å². The summed E-state index contributed by atoms with van der Waals surface area (Å²) in [6, 6.07) is -0.722.